The summed E-state index contributed by atoms with van der Waals surface area (Å²) in [5.74, 6) is -0.424. The third kappa shape index (κ3) is 5.05. The second-order valence-corrected chi connectivity index (χ2v) is 5.24. The zero-order chi connectivity index (χ0) is 17.5. The molecule has 0 radical (unpaired) electrons. The molecule has 0 aliphatic carbocycles. The van der Waals surface area contributed by atoms with Gasteiger partial charge in [0.2, 0.25) is 5.91 Å². The number of ether oxygens (including phenoxy) is 1. The number of non-ortho nitro benzene ring substituents is 1. The molecule has 0 heterocycles. The topological polar surface area (TPSA) is 81.5 Å². The highest BCUT2D eigenvalue weighted by molar-refractivity contribution is 5.91. The van der Waals surface area contributed by atoms with Gasteiger partial charge in [-0.2, -0.15) is 0 Å². The van der Waals surface area contributed by atoms with Gasteiger partial charge in [-0.05, 0) is 37.1 Å². The molecule has 0 bridgehead atoms. The minimum Gasteiger partial charge on any atom is -0.494 e. The largest absolute Gasteiger partial charge is 0.494 e. The van der Waals surface area contributed by atoms with E-state index < -0.39 is 16.6 Å². The maximum Gasteiger partial charge on any atom is 0.271 e. The van der Waals surface area contributed by atoms with Crippen LogP contribution in [0, 0.1) is 22.9 Å². The van der Waals surface area contributed by atoms with Crippen molar-refractivity contribution in [1.29, 1.82) is 0 Å². The first-order valence-electron chi connectivity index (χ1n) is 7.39. The molecule has 24 heavy (non-hydrogen) atoms. The molecule has 0 spiro atoms. The fraction of sp³-hybridized carbons (Fsp3) is 0.235. The predicted molar refractivity (Wildman–Crippen MR) is 87.6 cm³/mol. The zero-order valence-corrected chi connectivity index (χ0v) is 13.1. The number of anilines is 1. The Labute approximate surface area is 138 Å². The van der Waals surface area contributed by atoms with Gasteiger partial charge in [0, 0.05) is 18.6 Å². The van der Waals surface area contributed by atoms with Crippen LogP contribution < -0.4 is 10.1 Å². The summed E-state index contributed by atoms with van der Waals surface area (Å²) < 4.78 is 19.1. The lowest BCUT2D eigenvalue weighted by molar-refractivity contribution is -0.384. The van der Waals surface area contributed by atoms with Gasteiger partial charge in [-0.1, -0.05) is 12.1 Å². The lowest BCUT2D eigenvalue weighted by Gasteiger charge is -2.08. The molecule has 0 aliphatic rings. The fourth-order valence-electron chi connectivity index (χ4n) is 2.06. The number of rotatable bonds is 7. The van der Waals surface area contributed by atoms with Gasteiger partial charge in [-0.3, -0.25) is 14.9 Å². The van der Waals surface area contributed by atoms with Gasteiger partial charge in [0.15, 0.2) is 0 Å². The monoisotopic (exact) mass is 332 g/mol. The molecule has 7 heteroatoms. The van der Waals surface area contributed by atoms with E-state index in [-0.39, 0.29) is 17.8 Å². The third-order valence-corrected chi connectivity index (χ3v) is 3.24. The molecule has 2 rings (SSSR count). The number of benzene rings is 2. The molecule has 6 nitrogen and oxygen atoms in total. The van der Waals surface area contributed by atoms with E-state index in [2.05, 4.69) is 5.32 Å². The van der Waals surface area contributed by atoms with Gasteiger partial charge < -0.3 is 10.1 Å². The lowest BCUT2D eigenvalue weighted by Crippen LogP contribution is -2.14. The number of hydrogen-bond acceptors (Lipinski definition) is 4. The maximum absolute atomic E-state index is 13.6. The number of nitrogens with zero attached hydrogens (tertiary/aromatic N) is 1. The summed E-state index contributed by atoms with van der Waals surface area (Å²) >= 11 is 0. The van der Waals surface area contributed by atoms with E-state index >= 15 is 0 Å². The van der Waals surface area contributed by atoms with E-state index in [4.69, 9.17) is 4.74 Å². The summed E-state index contributed by atoms with van der Waals surface area (Å²) in [5.41, 5.74) is 0.592. The molecule has 0 aliphatic heterocycles. The predicted octanol–water partition coefficient (Wildman–Crippen LogP) is 3.84. The van der Waals surface area contributed by atoms with Crippen LogP contribution in [0.3, 0.4) is 0 Å². The number of nitrogens with one attached hydrogen (secondary N) is 1. The molecule has 0 fully saturated rings. The van der Waals surface area contributed by atoms with Crippen LogP contribution in [0.25, 0.3) is 0 Å². The quantitative estimate of drug-likeness (QED) is 0.474. The van der Waals surface area contributed by atoms with Crippen molar-refractivity contribution in [2.45, 2.75) is 19.8 Å². The summed E-state index contributed by atoms with van der Waals surface area (Å²) in [6.45, 7) is 2.29. The normalized spacial score (nSPS) is 10.2. The van der Waals surface area contributed by atoms with E-state index in [9.17, 15) is 19.3 Å². The van der Waals surface area contributed by atoms with Crippen LogP contribution in [0.4, 0.5) is 15.8 Å². The summed E-state index contributed by atoms with van der Waals surface area (Å²) in [6.07, 6.45) is 0.560. The first-order valence-corrected chi connectivity index (χ1v) is 7.39. The van der Waals surface area contributed by atoms with Crippen molar-refractivity contribution in [3.8, 4) is 5.75 Å². The maximum atomic E-state index is 13.6. The van der Waals surface area contributed by atoms with Crippen molar-refractivity contribution in [2.75, 3.05) is 11.9 Å². The number of hydrogen-bond donors (Lipinski definition) is 1. The minimum absolute atomic E-state index is 0.119. The Morgan fingerprint density at radius 1 is 1.29 bits per heavy atom. The summed E-state index contributed by atoms with van der Waals surface area (Å²) in [5, 5.41) is 13.0. The van der Waals surface area contributed by atoms with Gasteiger partial charge in [0.25, 0.3) is 5.69 Å². The van der Waals surface area contributed by atoms with Crippen LogP contribution in [-0.2, 0) is 4.79 Å². The van der Waals surface area contributed by atoms with Gasteiger partial charge in [0.1, 0.15) is 11.6 Å². The second-order valence-electron chi connectivity index (χ2n) is 5.24. The van der Waals surface area contributed by atoms with E-state index in [0.29, 0.717) is 13.0 Å². The molecule has 126 valence electrons. The van der Waals surface area contributed by atoms with Gasteiger partial charge in [-0.15, -0.1) is 0 Å². The molecule has 0 unspecified atom stereocenters. The highest BCUT2D eigenvalue weighted by Gasteiger charge is 2.13. The van der Waals surface area contributed by atoms with Crippen molar-refractivity contribution in [1.82, 2.24) is 0 Å². The SMILES string of the molecule is Cc1cccc(OCCCC(=O)Nc2cc([N+](=O)[O-])ccc2F)c1. The van der Waals surface area contributed by atoms with Crippen molar-refractivity contribution in [3.05, 3.63) is 64.0 Å². The van der Waals surface area contributed by atoms with Crippen LogP contribution in [0.5, 0.6) is 5.75 Å². The summed E-state index contributed by atoms with van der Waals surface area (Å²) in [4.78, 5) is 21.8. The molecule has 0 saturated carbocycles. The number of halogens is 1. The highest BCUT2D eigenvalue weighted by Crippen LogP contribution is 2.21. The molecular weight excluding hydrogens is 315 g/mol. The molecular formula is C17H17FN2O4. The smallest absolute Gasteiger partial charge is 0.271 e. The van der Waals surface area contributed by atoms with Crippen molar-refractivity contribution in [3.63, 3.8) is 0 Å². The van der Waals surface area contributed by atoms with Crippen molar-refractivity contribution in [2.24, 2.45) is 0 Å². The lowest BCUT2D eigenvalue weighted by atomic mass is 10.2. The van der Waals surface area contributed by atoms with Crippen LogP contribution in [0.1, 0.15) is 18.4 Å². The third-order valence-electron chi connectivity index (χ3n) is 3.24. The molecule has 0 aromatic heterocycles. The van der Waals surface area contributed by atoms with Crippen LogP contribution >= 0.6 is 0 Å². The van der Waals surface area contributed by atoms with Crippen LogP contribution in [0.15, 0.2) is 42.5 Å². The molecule has 0 saturated heterocycles. The first kappa shape index (κ1) is 17.4. The number of aryl methyl sites for hydroxylation is 1. The van der Waals surface area contributed by atoms with Crippen molar-refractivity contribution < 1.29 is 18.8 Å². The molecule has 1 N–H and O–H groups in total. The Kier molecular flexibility index (Phi) is 5.83. The van der Waals surface area contributed by atoms with E-state index in [1.165, 1.54) is 0 Å². The summed E-state index contributed by atoms with van der Waals surface area (Å²) in [7, 11) is 0. The minimum atomic E-state index is -0.718. The Morgan fingerprint density at radius 2 is 2.08 bits per heavy atom. The number of carbonyl (C=O) groups excluding carboxylic acids is 1. The van der Waals surface area contributed by atoms with Gasteiger partial charge in [0.05, 0.1) is 17.2 Å². The Balaban J connectivity index is 1.81. The first-order chi connectivity index (χ1) is 11.5. The van der Waals surface area contributed by atoms with Crippen molar-refractivity contribution >= 4 is 17.3 Å². The number of carbonyl (C=O) groups is 1. The van der Waals surface area contributed by atoms with E-state index in [0.717, 1.165) is 29.5 Å². The average Bonchev–Trinajstić information content (AvgIpc) is 2.53. The number of nitro groups is 1. The molecule has 2 aromatic rings. The van der Waals surface area contributed by atoms with Gasteiger partial charge in [-0.25, -0.2) is 4.39 Å². The van der Waals surface area contributed by atoms with Gasteiger partial charge >= 0.3 is 0 Å². The second kappa shape index (κ2) is 8.05. The molecule has 0 atom stereocenters. The van der Waals surface area contributed by atoms with E-state index in [1.54, 1.807) is 0 Å². The standard InChI is InChI=1S/C17H17FN2O4/c1-12-4-2-5-14(10-12)24-9-3-6-17(21)19-16-11-13(20(22)23)7-8-15(16)18/h2,4-5,7-8,10-11H,3,6,9H2,1H3,(H,19,21). The number of nitro benzene ring substituents is 1. The molecule has 2 aromatic carbocycles. The summed E-state index contributed by atoms with van der Waals surface area (Å²) in [6, 6.07) is 10.5. The zero-order valence-electron chi connectivity index (χ0n) is 13.1. The average molecular weight is 332 g/mol. The highest BCUT2D eigenvalue weighted by atomic mass is 19.1. The van der Waals surface area contributed by atoms with Crippen LogP contribution in [0.2, 0.25) is 0 Å². The Bertz CT molecular complexity index is 749. The Morgan fingerprint density at radius 3 is 2.79 bits per heavy atom. The molecule has 1 amide bonds. The van der Waals surface area contributed by atoms with Crippen LogP contribution in [-0.4, -0.2) is 17.4 Å². The Hall–Kier alpha value is -2.96. The fourth-order valence-corrected chi connectivity index (χ4v) is 2.06. The van der Waals surface area contributed by atoms with E-state index in [1.807, 2.05) is 31.2 Å². The number of amides is 1.